The highest BCUT2D eigenvalue weighted by Crippen LogP contribution is 2.37. The van der Waals surface area contributed by atoms with Crippen molar-refractivity contribution >= 4 is 23.1 Å². The van der Waals surface area contributed by atoms with E-state index in [4.69, 9.17) is 5.73 Å². The van der Waals surface area contributed by atoms with Crippen molar-refractivity contribution in [2.24, 2.45) is 0 Å². The van der Waals surface area contributed by atoms with Crippen LogP contribution in [0.15, 0.2) is 18.2 Å². The van der Waals surface area contributed by atoms with E-state index in [9.17, 15) is 13.2 Å². The Morgan fingerprint density at radius 1 is 1.22 bits per heavy atom. The van der Waals surface area contributed by atoms with Crippen LogP contribution in [0.2, 0.25) is 0 Å². The van der Waals surface area contributed by atoms with Gasteiger partial charge < -0.3 is 11.1 Å². The maximum atomic E-state index is 12.9. The van der Waals surface area contributed by atoms with Crippen molar-refractivity contribution in [1.29, 1.82) is 0 Å². The number of thioether (sulfide) groups is 1. The number of nitrogens with two attached hydrogens (primary N) is 1. The van der Waals surface area contributed by atoms with Crippen molar-refractivity contribution in [1.82, 2.24) is 0 Å². The van der Waals surface area contributed by atoms with E-state index < -0.39 is 11.7 Å². The molecule has 0 amide bonds. The number of nitrogens with one attached hydrogen (secondary N) is 1. The number of nitrogen functional groups attached to an aromatic ring is 1. The highest BCUT2D eigenvalue weighted by atomic mass is 32.2. The molecule has 1 aliphatic rings. The quantitative estimate of drug-likeness (QED) is 0.811. The van der Waals surface area contributed by atoms with E-state index >= 15 is 0 Å². The molecule has 1 aromatic rings. The van der Waals surface area contributed by atoms with Crippen molar-refractivity contribution < 1.29 is 13.2 Å². The summed E-state index contributed by atoms with van der Waals surface area (Å²) < 4.78 is 38.6. The van der Waals surface area contributed by atoms with Gasteiger partial charge in [0.1, 0.15) is 0 Å². The van der Waals surface area contributed by atoms with E-state index in [2.05, 4.69) is 5.32 Å². The maximum absolute atomic E-state index is 12.9. The summed E-state index contributed by atoms with van der Waals surface area (Å²) in [5.74, 6) is 1.99. The molecule has 0 aliphatic carbocycles. The van der Waals surface area contributed by atoms with E-state index in [0.717, 1.165) is 30.4 Å². The fourth-order valence-corrected chi connectivity index (χ4v) is 3.09. The Morgan fingerprint density at radius 3 is 2.50 bits per heavy atom. The molecular weight excluding hydrogens is 261 g/mol. The molecule has 0 spiro atoms. The Hall–Kier alpha value is -1.04. The van der Waals surface area contributed by atoms with Gasteiger partial charge in [0.05, 0.1) is 5.56 Å². The Kier molecular flexibility index (Phi) is 3.94. The molecule has 1 fully saturated rings. The lowest BCUT2D eigenvalue weighted by Crippen LogP contribution is -2.26. The summed E-state index contributed by atoms with van der Waals surface area (Å²) >= 11 is 1.84. The van der Waals surface area contributed by atoms with Gasteiger partial charge in [0, 0.05) is 17.4 Å². The van der Waals surface area contributed by atoms with E-state index in [1.165, 1.54) is 12.1 Å². The number of rotatable bonds is 2. The normalized spacial score (nSPS) is 17.7. The fraction of sp³-hybridized carbons (Fsp3) is 0.500. The molecule has 3 N–H and O–H groups in total. The molecule has 100 valence electrons. The molecule has 0 aromatic heterocycles. The fourth-order valence-electron chi connectivity index (χ4n) is 1.98. The molecule has 1 aliphatic heterocycles. The maximum Gasteiger partial charge on any atom is 0.418 e. The van der Waals surface area contributed by atoms with Gasteiger partial charge in [-0.2, -0.15) is 24.9 Å². The van der Waals surface area contributed by atoms with Gasteiger partial charge >= 0.3 is 6.18 Å². The van der Waals surface area contributed by atoms with Crippen LogP contribution < -0.4 is 11.1 Å². The van der Waals surface area contributed by atoms with Crippen LogP contribution in [0.1, 0.15) is 18.4 Å². The van der Waals surface area contributed by atoms with Crippen LogP contribution in [-0.2, 0) is 6.18 Å². The minimum absolute atomic E-state index is 0.121. The molecule has 1 heterocycles. The van der Waals surface area contributed by atoms with Crippen LogP contribution in [-0.4, -0.2) is 17.5 Å². The molecule has 0 bridgehead atoms. The van der Waals surface area contributed by atoms with E-state index in [-0.39, 0.29) is 17.4 Å². The summed E-state index contributed by atoms with van der Waals surface area (Å²) in [4.78, 5) is 0. The van der Waals surface area contributed by atoms with Gasteiger partial charge in [-0.15, -0.1) is 0 Å². The van der Waals surface area contributed by atoms with Gasteiger partial charge in [-0.1, -0.05) is 0 Å². The molecule has 6 heteroatoms. The van der Waals surface area contributed by atoms with E-state index in [1.807, 2.05) is 11.8 Å². The number of hydrogen-bond acceptors (Lipinski definition) is 3. The van der Waals surface area contributed by atoms with Crippen molar-refractivity contribution in [3.05, 3.63) is 23.8 Å². The first-order valence-electron chi connectivity index (χ1n) is 5.78. The highest BCUT2D eigenvalue weighted by Gasteiger charge is 2.34. The van der Waals surface area contributed by atoms with E-state index in [1.54, 1.807) is 0 Å². The standard InChI is InChI=1S/C12H15F3N2S/c13-12(14,15)10-7-8(16)1-2-11(10)17-9-3-5-18-6-4-9/h1-2,7,9,17H,3-6,16H2. The second-order valence-corrected chi connectivity index (χ2v) is 5.56. The lowest BCUT2D eigenvalue weighted by molar-refractivity contribution is -0.136. The summed E-state index contributed by atoms with van der Waals surface area (Å²) in [7, 11) is 0. The predicted molar refractivity (Wildman–Crippen MR) is 69.8 cm³/mol. The first-order valence-corrected chi connectivity index (χ1v) is 6.93. The first-order chi connectivity index (χ1) is 8.47. The summed E-state index contributed by atoms with van der Waals surface area (Å²) in [6.07, 6.45) is -2.58. The molecule has 0 saturated carbocycles. The highest BCUT2D eigenvalue weighted by molar-refractivity contribution is 7.99. The van der Waals surface area contributed by atoms with Gasteiger partial charge in [-0.25, -0.2) is 0 Å². The Morgan fingerprint density at radius 2 is 1.89 bits per heavy atom. The molecule has 0 unspecified atom stereocenters. The van der Waals surface area contributed by atoms with Crippen molar-refractivity contribution in [3.63, 3.8) is 0 Å². The Balaban J connectivity index is 2.21. The molecule has 0 radical (unpaired) electrons. The topological polar surface area (TPSA) is 38.0 Å². The summed E-state index contributed by atoms with van der Waals surface area (Å²) in [6, 6.07) is 4.02. The molecule has 0 atom stereocenters. The van der Waals surface area contributed by atoms with Crippen LogP contribution in [0.25, 0.3) is 0 Å². The summed E-state index contributed by atoms with van der Waals surface area (Å²) in [6.45, 7) is 0. The number of anilines is 2. The van der Waals surface area contributed by atoms with Gasteiger partial charge in [0.15, 0.2) is 0 Å². The van der Waals surface area contributed by atoms with Crippen molar-refractivity contribution in [3.8, 4) is 0 Å². The van der Waals surface area contributed by atoms with Gasteiger partial charge in [0.25, 0.3) is 0 Å². The number of benzene rings is 1. The molecule has 2 nitrogen and oxygen atoms in total. The number of hydrogen-bond donors (Lipinski definition) is 2. The molecule has 18 heavy (non-hydrogen) atoms. The zero-order valence-electron chi connectivity index (χ0n) is 9.76. The molecule has 2 rings (SSSR count). The zero-order valence-corrected chi connectivity index (χ0v) is 10.6. The molecule has 1 aromatic carbocycles. The van der Waals surface area contributed by atoms with Crippen LogP contribution >= 0.6 is 11.8 Å². The second-order valence-electron chi connectivity index (χ2n) is 4.33. The smallest absolute Gasteiger partial charge is 0.399 e. The molecule has 1 saturated heterocycles. The van der Waals surface area contributed by atoms with Crippen LogP contribution in [0.4, 0.5) is 24.5 Å². The second kappa shape index (κ2) is 5.30. The minimum atomic E-state index is -4.37. The third-order valence-corrected chi connectivity index (χ3v) is 3.98. The van der Waals surface area contributed by atoms with Crippen LogP contribution in [0.3, 0.4) is 0 Å². The minimum Gasteiger partial charge on any atom is -0.399 e. The summed E-state index contributed by atoms with van der Waals surface area (Å²) in [5.41, 5.74) is 5.01. The van der Waals surface area contributed by atoms with Gasteiger partial charge in [-0.3, -0.25) is 0 Å². The number of halogens is 3. The first kappa shape index (κ1) is 13.4. The average molecular weight is 276 g/mol. The third-order valence-electron chi connectivity index (χ3n) is 2.93. The largest absolute Gasteiger partial charge is 0.418 e. The van der Waals surface area contributed by atoms with Crippen LogP contribution in [0.5, 0.6) is 0 Å². The van der Waals surface area contributed by atoms with Crippen molar-refractivity contribution in [2.75, 3.05) is 22.6 Å². The van der Waals surface area contributed by atoms with Crippen LogP contribution in [0, 0.1) is 0 Å². The third kappa shape index (κ3) is 3.25. The van der Waals surface area contributed by atoms with Crippen molar-refractivity contribution in [2.45, 2.75) is 25.1 Å². The zero-order chi connectivity index (χ0) is 13.2. The lowest BCUT2D eigenvalue weighted by atomic mass is 10.1. The SMILES string of the molecule is Nc1ccc(NC2CCSCC2)c(C(F)(F)F)c1. The monoisotopic (exact) mass is 276 g/mol. The summed E-state index contributed by atoms with van der Waals surface area (Å²) in [5, 5.41) is 2.99. The van der Waals surface area contributed by atoms with Gasteiger partial charge in [0.2, 0.25) is 0 Å². The van der Waals surface area contributed by atoms with E-state index in [0.29, 0.717) is 0 Å². The lowest BCUT2D eigenvalue weighted by Gasteiger charge is -2.25. The van der Waals surface area contributed by atoms with Gasteiger partial charge in [-0.05, 0) is 42.5 Å². The number of alkyl halides is 3. The predicted octanol–water partition coefficient (Wildman–Crippen LogP) is 3.60. The Bertz CT molecular complexity index is 414. The Labute approximate surface area is 108 Å². The average Bonchev–Trinajstić information content (AvgIpc) is 2.31. The molecular formula is C12H15F3N2S.